The summed E-state index contributed by atoms with van der Waals surface area (Å²) in [5.41, 5.74) is 2.22. The van der Waals surface area contributed by atoms with E-state index in [4.69, 9.17) is 23.2 Å². The Morgan fingerprint density at radius 2 is 1.74 bits per heavy atom. The lowest BCUT2D eigenvalue weighted by molar-refractivity contribution is -0.117. The molecule has 1 fully saturated rings. The third kappa shape index (κ3) is 3.66. The first-order chi connectivity index (χ1) is 15.0. The topological polar surface area (TPSA) is 89.8 Å². The first kappa shape index (κ1) is 19.7. The number of hydrogen-bond donors (Lipinski definition) is 1. The van der Waals surface area contributed by atoms with E-state index in [1.165, 1.54) is 10.9 Å². The molecule has 3 heterocycles. The number of anilines is 1. The molecule has 0 radical (unpaired) electrons. The number of nitrogens with one attached hydrogen (secondary N) is 1. The minimum absolute atomic E-state index is 0.0481. The van der Waals surface area contributed by atoms with Gasteiger partial charge in [0.05, 0.1) is 21.1 Å². The van der Waals surface area contributed by atoms with E-state index in [1.807, 2.05) is 0 Å². The highest BCUT2D eigenvalue weighted by Gasteiger charge is 2.30. The number of aromatic nitrogens is 4. The lowest BCUT2D eigenvalue weighted by Crippen LogP contribution is -2.15. The Morgan fingerprint density at radius 3 is 2.42 bits per heavy atom. The number of amides is 1. The fourth-order valence-corrected chi connectivity index (χ4v) is 4.07. The van der Waals surface area contributed by atoms with Crippen LogP contribution in [0.15, 0.2) is 55.4 Å². The van der Waals surface area contributed by atoms with Gasteiger partial charge in [-0.15, -0.1) is 0 Å². The maximum Gasteiger partial charge on any atom is 0.265 e. The quantitative estimate of drug-likeness (QED) is 0.479. The van der Waals surface area contributed by atoms with E-state index < -0.39 is 0 Å². The summed E-state index contributed by atoms with van der Waals surface area (Å²) in [5.74, 6) is 0.0432. The summed E-state index contributed by atoms with van der Waals surface area (Å²) in [5, 5.41) is 3.95. The van der Waals surface area contributed by atoms with Gasteiger partial charge < -0.3 is 5.32 Å². The van der Waals surface area contributed by atoms with Crippen LogP contribution in [-0.2, 0) is 4.79 Å². The van der Waals surface area contributed by atoms with E-state index >= 15 is 0 Å². The number of benzene rings is 1. The Morgan fingerprint density at radius 1 is 1.03 bits per heavy atom. The maximum atomic E-state index is 13.3. The summed E-state index contributed by atoms with van der Waals surface area (Å²) < 4.78 is 1.45. The number of nitrogens with zero attached hydrogens (tertiary/aromatic N) is 4. The Balaban J connectivity index is 1.52. The molecule has 9 heteroatoms. The van der Waals surface area contributed by atoms with Gasteiger partial charge in [0.15, 0.2) is 0 Å². The predicted molar refractivity (Wildman–Crippen MR) is 118 cm³/mol. The molecule has 7 nitrogen and oxygen atoms in total. The monoisotopic (exact) mass is 451 g/mol. The number of hydrogen-bond acceptors (Lipinski definition) is 5. The molecule has 1 N–H and O–H groups in total. The van der Waals surface area contributed by atoms with Crippen molar-refractivity contribution in [3.63, 3.8) is 0 Å². The molecule has 0 aliphatic heterocycles. The number of carbonyl (C=O) groups is 2. The average Bonchev–Trinajstić information content (AvgIpc) is 3.53. The molecule has 31 heavy (non-hydrogen) atoms. The lowest BCUT2D eigenvalue weighted by atomic mass is 10.1. The summed E-state index contributed by atoms with van der Waals surface area (Å²) in [7, 11) is 0. The zero-order chi connectivity index (χ0) is 21.5. The van der Waals surface area contributed by atoms with Crippen LogP contribution in [0.3, 0.4) is 0 Å². The molecule has 0 atom stereocenters. The molecule has 0 spiro atoms. The van der Waals surface area contributed by atoms with Crippen molar-refractivity contribution in [2.24, 2.45) is 5.92 Å². The van der Waals surface area contributed by atoms with Crippen LogP contribution < -0.4 is 5.32 Å². The van der Waals surface area contributed by atoms with E-state index in [-0.39, 0.29) is 33.3 Å². The van der Waals surface area contributed by atoms with Crippen molar-refractivity contribution in [1.29, 1.82) is 0 Å². The van der Waals surface area contributed by atoms with Gasteiger partial charge in [-0.2, -0.15) is 0 Å². The van der Waals surface area contributed by atoms with Crippen LogP contribution in [0.25, 0.3) is 22.0 Å². The summed E-state index contributed by atoms with van der Waals surface area (Å²) in [6.07, 6.45) is 9.66. The van der Waals surface area contributed by atoms with Crippen molar-refractivity contribution in [1.82, 2.24) is 19.5 Å². The molecule has 0 saturated heterocycles. The molecule has 1 aromatic carbocycles. The van der Waals surface area contributed by atoms with Crippen molar-refractivity contribution < 1.29 is 9.59 Å². The second kappa shape index (κ2) is 7.76. The highest BCUT2D eigenvalue weighted by Crippen LogP contribution is 2.34. The van der Waals surface area contributed by atoms with E-state index in [1.54, 1.807) is 49.1 Å². The van der Waals surface area contributed by atoms with Crippen molar-refractivity contribution >= 4 is 51.7 Å². The standard InChI is InChI=1S/C22H15Cl2N5O2/c23-16-7-13(14-9-25-11-26-10-14)8-17(24)19(16)22(31)29-6-4-15-18(29)3-5-27-20(15)28-21(30)12-1-2-12/h3-12H,1-2H2,(H,27,28,30). The van der Waals surface area contributed by atoms with Gasteiger partial charge >= 0.3 is 0 Å². The predicted octanol–water partition coefficient (Wildman–Crippen LogP) is 4.84. The molecule has 3 aromatic heterocycles. The fraction of sp³-hybridized carbons (Fsp3) is 0.136. The maximum absolute atomic E-state index is 13.3. The molecule has 1 saturated carbocycles. The Kier molecular flexibility index (Phi) is 4.92. The van der Waals surface area contributed by atoms with Crippen LogP contribution in [-0.4, -0.2) is 31.3 Å². The first-order valence-electron chi connectivity index (χ1n) is 9.59. The zero-order valence-corrected chi connectivity index (χ0v) is 17.6. The van der Waals surface area contributed by atoms with Crippen LogP contribution in [0, 0.1) is 5.92 Å². The summed E-state index contributed by atoms with van der Waals surface area (Å²) >= 11 is 12.9. The van der Waals surface area contributed by atoms with Gasteiger partial charge in [-0.25, -0.2) is 15.0 Å². The number of pyridine rings is 1. The molecule has 1 amide bonds. The largest absolute Gasteiger partial charge is 0.310 e. The van der Waals surface area contributed by atoms with Crippen molar-refractivity contribution in [2.45, 2.75) is 12.8 Å². The second-order valence-corrected chi connectivity index (χ2v) is 8.10. The van der Waals surface area contributed by atoms with Gasteiger partial charge in [-0.1, -0.05) is 23.2 Å². The van der Waals surface area contributed by atoms with E-state index in [2.05, 4.69) is 20.3 Å². The zero-order valence-electron chi connectivity index (χ0n) is 16.0. The first-order valence-corrected chi connectivity index (χ1v) is 10.3. The summed E-state index contributed by atoms with van der Waals surface area (Å²) in [4.78, 5) is 37.7. The fourth-order valence-electron chi connectivity index (χ4n) is 3.42. The second-order valence-electron chi connectivity index (χ2n) is 7.29. The van der Waals surface area contributed by atoms with Gasteiger partial charge in [0.1, 0.15) is 12.1 Å². The van der Waals surface area contributed by atoms with Crippen LogP contribution in [0.1, 0.15) is 23.2 Å². The van der Waals surface area contributed by atoms with Crippen LogP contribution in [0.5, 0.6) is 0 Å². The van der Waals surface area contributed by atoms with Gasteiger partial charge in [-0.05, 0) is 42.7 Å². The molecule has 154 valence electrons. The Labute approximate surface area is 187 Å². The lowest BCUT2D eigenvalue weighted by Gasteiger charge is -2.11. The van der Waals surface area contributed by atoms with E-state index in [0.29, 0.717) is 22.3 Å². The van der Waals surface area contributed by atoms with Gasteiger partial charge in [-0.3, -0.25) is 14.2 Å². The SMILES string of the molecule is O=C(Nc1nccc2c1ccn2C(=O)c1c(Cl)cc(-c2cncnc2)cc1Cl)C1CC1. The van der Waals surface area contributed by atoms with Crippen molar-refractivity contribution in [3.8, 4) is 11.1 Å². The third-order valence-corrected chi connectivity index (χ3v) is 5.77. The molecule has 0 unspecified atom stereocenters. The van der Waals surface area contributed by atoms with Crippen molar-refractivity contribution in [3.05, 3.63) is 71.0 Å². The van der Waals surface area contributed by atoms with Crippen LogP contribution >= 0.6 is 23.2 Å². The smallest absolute Gasteiger partial charge is 0.265 e. The third-order valence-electron chi connectivity index (χ3n) is 5.18. The van der Waals surface area contributed by atoms with Crippen LogP contribution in [0.2, 0.25) is 10.0 Å². The number of carbonyl (C=O) groups excluding carboxylic acids is 2. The van der Waals surface area contributed by atoms with Crippen LogP contribution in [0.4, 0.5) is 5.82 Å². The average molecular weight is 452 g/mol. The number of halogens is 2. The van der Waals surface area contributed by atoms with Crippen molar-refractivity contribution in [2.75, 3.05) is 5.32 Å². The van der Waals surface area contributed by atoms with E-state index in [0.717, 1.165) is 18.4 Å². The highest BCUT2D eigenvalue weighted by atomic mass is 35.5. The van der Waals surface area contributed by atoms with Gasteiger partial charge in [0.25, 0.3) is 5.91 Å². The Hall–Kier alpha value is -3.29. The molecular weight excluding hydrogens is 437 g/mol. The molecular formula is C22H15Cl2N5O2. The summed E-state index contributed by atoms with van der Waals surface area (Å²) in [6, 6.07) is 6.76. The molecule has 5 rings (SSSR count). The number of fused-ring (bicyclic) bond motifs is 1. The van der Waals surface area contributed by atoms with E-state index in [9.17, 15) is 9.59 Å². The number of rotatable bonds is 4. The molecule has 4 aromatic rings. The minimum atomic E-state index is -0.383. The molecule has 1 aliphatic rings. The van der Waals surface area contributed by atoms with Gasteiger partial charge in [0, 0.05) is 41.7 Å². The van der Waals surface area contributed by atoms with Gasteiger partial charge in [0.2, 0.25) is 5.91 Å². The molecule has 0 bridgehead atoms. The summed E-state index contributed by atoms with van der Waals surface area (Å²) in [6.45, 7) is 0. The molecule has 1 aliphatic carbocycles. The Bertz CT molecular complexity index is 1310. The minimum Gasteiger partial charge on any atom is -0.310 e. The highest BCUT2D eigenvalue weighted by molar-refractivity contribution is 6.40. The normalized spacial score (nSPS) is 13.4.